The number of alkyl halides is 6. The summed E-state index contributed by atoms with van der Waals surface area (Å²) < 4.78 is 65.6. The van der Waals surface area contributed by atoms with E-state index in [1.165, 1.54) is 15.4 Å². The number of pyridine rings is 2. The molecule has 43 heavy (non-hydrogen) atoms. The molecule has 2 N–H and O–H groups in total. The molecule has 5 rings (SSSR count). The summed E-state index contributed by atoms with van der Waals surface area (Å²) in [6.07, 6.45) is -2.32. The number of likely N-dealkylation sites (tertiary alicyclic amines) is 1. The average molecular weight is 632 g/mol. The van der Waals surface area contributed by atoms with Crippen LogP contribution in [-0.4, -0.2) is 72.0 Å². The van der Waals surface area contributed by atoms with Gasteiger partial charge in [0.1, 0.15) is 5.52 Å². The molecule has 0 radical (unpaired) electrons. The standard InChI is InChI=1S/C23H25N5S.2C2HF3O2/c1-16-5-6-19(29-16)14-28-10-7-17(8-11-28)20-12-21-23(25-15-27(21)2)22(26-20)18-4-3-9-24-13-18;2*3-2(4,5)1(6)7/h3-6,9,12-13,15,17H,7-8,10-11,14H2,1-2H3;2*(H,6,7). The SMILES string of the molecule is Cc1ccc(CN2CCC(c3cc4c(ncn4C)c(-c4cccnc4)n3)CC2)s1.O=C(O)C(F)(F)F.O=C(O)C(F)(F)F. The lowest BCUT2D eigenvalue weighted by atomic mass is 9.92. The summed E-state index contributed by atoms with van der Waals surface area (Å²) in [6.45, 7) is 5.49. The number of nitrogens with zero attached hydrogens (tertiary/aromatic N) is 5. The summed E-state index contributed by atoms with van der Waals surface area (Å²) in [5.74, 6) is -5.02. The molecular weight excluding hydrogens is 604 g/mol. The van der Waals surface area contributed by atoms with Crippen molar-refractivity contribution in [3.63, 3.8) is 0 Å². The lowest BCUT2D eigenvalue weighted by Crippen LogP contribution is -2.32. The number of carbonyl (C=O) groups is 2. The van der Waals surface area contributed by atoms with Gasteiger partial charge in [-0.25, -0.2) is 14.6 Å². The Morgan fingerprint density at radius 1 is 1.02 bits per heavy atom. The van der Waals surface area contributed by atoms with Crippen molar-refractivity contribution < 1.29 is 46.1 Å². The van der Waals surface area contributed by atoms with Crippen LogP contribution in [0.5, 0.6) is 0 Å². The second-order valence-electron chi connectivity index (χ2n) is 9.53. The van der Waals surface area contributed by atoms with Gasteiger partial charge in [0.15, 0.2) is 0 Å². The molecule has 0 aromatic carbocycles. The molecular formula is C27H27F6N5O4S. The third-order valence-corrected chi connectivity index (χ3v) is 7.32. The van der Waals surface area contributed by atoms with Crippen molar-refractivity contribution in [3.8, 4) is 11.3 Å². The van der Waals surface area contributed by atoms with Gasteiger partial charge in [-0.2, -0.15) is 26.3 Å². The van der Waals surface area contributed by atoms with Crippen molar-refractivity contribution in [1.82, 2.24) is 24.4 Å². The number of piperidine rings is 1. The molecule has 16 heteroatoms. The molecule has 0 bridgehead atoms. The van der Waals surface area contributed by atoms with Crippen LogP contribution < -0.4 is 0 Å². The second-order valence-corrected chi connectivity index (χ2v) is 10.9. The van der Waals surface area contributed by atoms with Gasteiger partial charge in [0.05, 0.1) is 17.5 Å². The largest absolute Gasteiger partial charge is 0.490 e. The van der Waals surface area contributed by atoms with E-state index in [0.717, 1.165) is 54.8 Å². The topological polar surface area (TPSA) is 121 Å². The van der Waals surface area contributed by atoms with E-state index >= 15 is 0 Å². The molecule has 1 fully saturated rings. The molecule has 232 valence electrons. The highest BCUT2D eigenvalue weighted by molar-refractivity contribution is 7.11. The van der Waals surface area contributed by atoms with Gasteiger partial charge in [-0.05, 0) is 63.2 Å². The quantitative estimate of drug-likeness (QED) is 0.262. The highest BCUT2D eigenvalue weighted by Crippen LogP contribution is 2.33. The van der Waals surface area contributed by atoms with Gasteiger partial charge in [0, 0.05) is 52.9 Å². The Morgan fingerprint density at radius 2 is 1.63 bits per heavy atom. The van der Waals surface area contributed by atoms with Gasteiger partial charge in [-0.15, -0.1) is 11.3 Å². The average Bonchev–Trinajstić information content (AvgIpc) is 3.53. The Kier molecular flexibility index (Phi) is 10.9. The fraction of sp³-hybridized carbons (Fsp3) is 0.370. The molecule has 0 amide bonds. The van der Waals surface area contributed by atoms with Crippen LogP contribution in [0.3, 0.4) is 0 Å². The van der Waals surface area contributed by atoms with E-state index in [9.17, 15) is 26.3 Å². The lowest BCUT2D eigenvalue weighted by Gasteiger charge is -2.31. The number of hydrogen-bond donors (Lipinski definition) is 2. The number of rotatable bonds is 4. The first-order chi connectivity index (χ1) is 20.1. The maximum atomic E-state index is 10.6. The Morgan fingerprint density at radius 3 is 2.12 bits per heavy atom. The minimum absolute atomic E-state index is 0.492. The number of fused-ring (bicyclic) bond motifs is 1. The number of carboxylic acid groups (broad SMARTS) is 2. The minimum Gasteiger partial charge on any atom is -0.475 e. The molecule has 1 saturated heterocycles. The van der Waals surface area contributed by atoms with E-state index in [2.05, 4.69) is 57.7 Å². The highest BCUT2D eigenvalue weighted by atomic mass is 32.1. The van der Waals surface area contributed by atoms with Gasteiger partial charge < -0.3 is 14.8 Å². The van der Waals surface area contributed by atoms with Crippen LogP contribution in [0, 0.1) is 6.92 Å². The van der Waals surface area contributed by atoms with Gasteiger partial charge in [-0.3, -0.25) is 14.9 Å². The van der Waals surface area contributed by atoms with E-state index in [4.69, 9.17) is 24.8 Å². The maximum Gasteiger partial charge on any atom is 0.490 e. The third-order valence-electron chi connectivity index (χ3n) is 6.33. The first kappa shape index (κ1) is 33.5. The van der Waals surface area contributed by atoms with Crippen LogP contribution in [0.1, 0.15) is 34.2 Å². The van der Waals surface area contributed by atoms with Crippen molar-refractivity contribution in [2.75, 3.05) is 13.1 Å². The monoisotopic (exact) mass is 631 g/mol. The highest BCUT2D eigenvalue weighted by Gasteiger charge is 2.38. The molecule has 1 aliphatic rings. The molecule has 4 aromatic rings. The Hall–Kier alpha value is -4.05. The number of aryl methyl sites for hydroxylation is 2. The zero-order valence-corrected chi connectivity index (χ0v) is 23.7. The predicted octanol–water partition coefficient (Wildman–Crippen LogP) is 6.05. The van der Waals surface area contributed by atoms with Crippen molar-refractivity contribution >= 4 is 34.3 Å². The summed E-state index contributed by atoms with van der Waals surface area (Å²) >= 11 is 1.91. The molecule has 0 unspecified atom stereocenters. The smallest absolute Gasteiger partial charge is 0.475 e. The first-order valence-electron chi connectivity index (χ1n) is 12.7. The Labute approximate surface area is 245 Å². The number of imidazole rings is 1. The number of halogens is 6. The van der Waals surface area contributed by atoms with Crippen LogP contribution in [-0.2, 0) is 23.2 Å². The molecule has 1 aliphatic heterocycles. The molecule has 0 saturated carbocycles. The molecule has 0 spiro atoms. The van der Waals surface area contributed by atoms with Crippen LogP contribution in [0.2, 0.25) is 0 Å². The van der Waals surface area contributed by atoms with Crippen molar-refractivity contribution in [2.45, 2.75) is 44.6 Å². The Balaban J connectivity index is 0.000000303. The van der Waals surface area contributed by atoms with Crippen molar-refractivity contribution in [2.24, 2.45) is 7.05 Å². The van der Waals surface area contributed by atoms with Gasteiger partial charge in [0.25, 0.3) is 0 Å². The normalized spacial score (nSPS) is 14.4. The van der Waals surface area contributed by atoms with Crippen LogP contribution >= 0.6 is 11.3 Å². The van der Waals surface area contributed by atoms with E-state index in [0.29, 0.717) is 5.92 Å². The fourth-order valence-corrected chi connectivity index (χ4v) is 5.17. The van der Waals surface area contributed by atoms with Crippen molar-refractivity contribution in [1.29, 1.82) is 0 Å². The van der Waals surface area contributed by atoms with E-state index in [-0.39, 0.29) is 0 Å². The molecule has 0 atom stereocenters. The number of carboxylic acids is 2. The zero-order chi connectivity index (χ0) is 31.9. The second kappa shape index (κ2) is 13.9. The number of aromatic nitrogens is 4. The maximum absolute atomic E-state index is 10.6. The minimum atomic E-state index is -5.08. The van der Waals surface area contributed by atoms with Crippen molar-refractivity contribution in [3.05, 3.63) is 64.5 Å². The summed E-state index contributed by atoms with van der Waals surface area (Å²) in [6, 6.07) is 10.8. The summed E-state index contributed by atoms with van der Waals surface area (Å²) in [5.41, 5.74) is 5.26. The Bertz CT molecular complexity index is 1510. The third kappa shape index (κ3) is 9.47. The predicted molar refractivity (Wildman–Crippen MR) is 145 cm³/mol. The first-order valence-corrected chi connectivity index (χ1v) is 13.5. The summed E-state index contributed by atoms with van der Waals surface area (Å²) in [4.78, 5) is 37.2. The lowest BCUT2D eigenvalue weighted by molar-refractivity contribution is -0.193. The number of aliphatic carboxylic acids is 2. The molecule has 0 aliphatic carbocycles. The number of hydrogen-bond acceptors (Lipinski definition) is 7. The van der Waals surface area contributed by atoms with Crippen LogP contribution in [0.4, 0.5) is 26.3 Å². The zero-order valence-electron chi connectivity index (χ0n) is 22.9. The molecule has 9 nitrogen and oxygen atoms in total. The van der Waals surface area contributed by atoms with Crippen LogP contribution in [0.25, 0.3) is 22.3 Å². The summed E-state index contributed by atoms with van der Waals surface area (Å²) in [7, 11) is 2.05. The van der Waals surface area contributed by atoms with E-state index in [1.54, 1.807) is 6.20 Å². The van der Waals surface area contributed by atoms with E-state index in [1.807, 2.05) is 29.9 Å². The molecule has 5 heterocycles. The van der Waals surface area contributed by atoms with Gasteiger partial charge in [-0.1, -0.05) is 0 Å². The fourth-order valence-electron chi connectivity index (χ4n) is 4.24. The summed E-state index contributed by atoms with van der Waals surface area (Å²) in [5, 5.41) is 14.2. The van der Waals surface area contributed by atoms with Gasteiger partial charge >= 0.3 is 24.3 Å². The number of thiophene rings is 1. The van der Waals surface area contributed by atoms with Crippen LogP contribution in [0.15, 0.2) is 49.1 Å². The van der Waals surface area contributed by atoms with E-state index < -0.39 is 24.3 Å². The van der Waals surface area contributed by atoms with Gasteiger partial charge in [0.2, 0.25) is 0 Å². The molecule has 4 aromatic heterocycles.